The Hall–Kier alpha value is -1.12. The molecule has 1 N–H and O–H groups in total. The molecular weight excluding hydrogens is 188 g/mol. The van der Waals surface area contributed by atoms with Gasteiger partial charge in [-0.3, -0.25) is 4.79 Å². The smallest absolute Gasteiger partial charge is 0.254 e. The Morgan fingerprint density at radius 1 is 1.47 bits per heavy atom. The lowest BCUT2D eigenvalue weighted by molar-refractivity contribution is 0.397. The number of hydrogen-bond donors (Lipinski definition) is 1. The van der Waals surface area contributed by atoms with Crippen molar-refractivity contribution in [2.75, 3.05) is 0 Å². The first kappa shape index (κ1) is 12.0. The summed E-state index contributed by atoms with van der Waals surface area (Å²) in [5, 5.41) is 0. The van der Waals surface area contributed by atoms with Gasteiger partial charge in [-0.05, 0) is 18.3 Å². The van der Waals surface area contributed by atoms with Crippen LogP contribution in [0.4, 0.5) is 0 Å². The van der Waals surface area contributed by atoms with Crippen LogP contribution in [0.15, 0.2) is 17.3 Å². The van der Waals surface area contributed by atoms with Crippen LogP contribution in [-0.4, -0.2) is 9.97 Å². The number of aromatic amines is 1. The van der Waals surface area contributed by atoms with E-state index >= 15 is 0 Å². The quantitative estimate of drug-likeness (QED) is 0.808. The minimum atomic E-state index is -0.0299. The first-order valence-electron chi connectivity index (χ1n) is 5.67. The first-order chi connectivity index (χ1) is 7.14. The molecule has 0 bridgehead atoms. The van der Waals surface area contributed by atoms with Gasteiger partial charge in [0.1, 0.15) is 0 Å². The summed E-state index contributed by atoms with van der Waals surface area (Å²) in [5.41, 5.74) is 0.795. The van der Waals surface area contributed by atoms with E-state index in [1.54, 1.807) is 6.20 Å². The van der Waals surface area contributed by atoms with Gasteiger partial charge in [0.05, 0.1) is 6.33 Å². The second-order valence-corrected chi connectivity index (χ2v) is 4.31. The van der Waals surface area contributed by atoms with Gasteiger partial charge in [0.25, 0.3) is 5.56 Å². The van der Waals surface area contributed by atoms with Gasteiger partial charge in [0.15, 0.2) is 0 Å². The summed E-state index contributed by atoms with van der Waals surface area (Å²) in [6, 6.07) is 0. The maximum Gasteiger partial charge on any atom is 0.254 e. The average Bonchev–Trinajstić information content (AvgIpc) is 2.26. The molecule has 3 heteroatoms. The van der Waals surface area contributed by atoms with Crippen LogP contribution >= 0.6 is 0 Å². The van der Waals surface area contributed by atoms with Crippen LogP contribution in [0.2, 0.25) is 0 Å². The molecule has 0 amide bonds. The fourth-order valence-corrected chi connectivity index (χ4v) is 1.84. The minimum Gasteiger partial charge on any atom is -0.313 e. The molecule has 3 nitrogen and oxygen atoms in total. The first-order valence-corrected chi connectivity index (χ1v) is 5.67. The molecule has 0 fully saturated rings. The summed E-state index contributed by atoms with van der Waals surface area (Å²) in [7, 11) is 0. The molecule has 0 saturated heterocycles. The summed E-state index contributed by atoms with van der Waals surface area (Å²) in [6.07, 6.45) is 7.49. The highest BCUT2D eigenvalue weighted by atomic mass is 16.1. The molecular formula is C12H20N2O. The Morgan fingerprint density at radius 2 is 2.20 bits per heavy atom. The van der Waals surface area contributed by atoms with E-state index in [1.807, 2.05) is 0 Å². The third-order valence-corrected chi connectivity index (χ3v) is 3.23. The van der Waals surface area contributed by atoms with E-state index < -0.39 is 0 Å². The maximum atomic E-state index is 11.7. The number of nitrogens with zero attached hydrogens (tertiary/aromatic N) is 1. The standard InChI is InChI=1S/C12H20N2O/c1-4-6-7-12(3,5-2)10-8-13-9-14-11(10)15/h8-9H,4-7H2,1-3H3,(H,13,14,15). The zero-order chi connectivity index (χ0) is 11.3. The van der Waals surface area contributed by atoms with Crippen LogP contribution in [0.5, 0.6) is 0 Å². The summed E-state index contributed by atoms with van der Waals surface area (Å²) in [6.45, 7) is 6.45. The number of rotatable bonds is 5. The summed E-state index contributed by atoms with van der Waals surface area (Å²) in [4.78, 5) is 18.4. The second kappa shape index (κ2) is 5.10. The van der Waals surface area contributed by atoms with Gasteiger partial charge in [-0.1, -0.05) is 33.6 Å². The monoisotopic (exact) mass is 208 g/mol. The van der Waals surface area contributed by atoms with Gasteiger partial charge in [0.2, 0.25) is 0 Å². The lowest BCUT2D eigenvalue weighted by Gasteiger charge is -2.27. The molecule has 0 aliphatic heterocycles. The summed E-state index contributed by atoms with van der Waals surface area (Å²) in [5.74, 6) is 0. The van der Waals surface area contributed by atoms with Gasteiger partial charge in [0, 0.05) is 11.8 Å². The van der Waals surface area contributed by atoms with Gasteiger partial charge >= 0.3 is 0 Å². The van der Waals surface area contributed by atoms with Crippen molar-refractivity contribution in [1.82, 2.24) is 9.97 Å². The van der Waals surface area contributed by atoms with Crippen LogP contribution < -0.4 is 5.56 Å². The largest absolute Gasteiger partial charge is 0.313 e. The minimum absolute atomic E-state index is 0.00505. The summed E-state index contributed by atoms with van der Waals surface area (Å²) >= 11 is 0. The van der Waals surface area contributed by atoms with Crippen LogP contribution in [0.25, 0.3) is 0 Å². The van der Waals surface area contributed by atoms with Crippen molar-refractivity contribution >= 4 is 0 Å². The molecule has 0 radical (unpaired) electrons. The predicted molar refractivity (Wildman–Crippen MR) is 62.0 cm³/mol. The van der Waals surface area contributed by atoms with Crippen molar-refractivity contribution in [3.8, 4) is 0 Å². The Labute approximate surface area is 91.0 Å². The highest BCUT2D eigenvalue weighted by Gasteiger charge is 2.26. The highest BCUT2D eigenvalue weighted by molar-refractivity contribution is 5.17. The molecule has 0 aliphatic rings. The van der Waals surface area contributed by atoms with E-state index in [0.717, 1.165) is 31.2 Å². The zero-order valence-electron chi connectivity index (χ0n) is 9.84. The predicted octanol–water partition coefficient (Wildman–Crippen LogP) is 2.63. The Morgan fingerprint density at radius 3 is 2.73 bits per heavy atom. The van der Waals surface area contributed by atoms with E-state index in [-0.39, 0.29) is 11.0 Å². The van der Waals surface area contributed by atoms with Crippen LogP contribution in [0.3, 0.4) is 0 Å². The third kappa shape index (κ3) is 2.67. The van der Waals surface area contributed by atoms with Gasteiger partial charge in [-0.25, -0.2) is 4.98 Å². The average molecular weight is 208 g/mol. The van der Waals surface area contributed by atoms with E-state index in [4.69, 9.17) is 0 Å². The third-order valence-electron chi connectivity index (χ3n) is 3.23. The second-order valence-electron chi connectivity index (χ2n) is 4.31. The number of unbranched alkanes of at least 4 members (excludes halogenated alkanes) is 1. The normalized spacial score (nSPS) is 14.9. The van der Waals surface area contributed by atoms with Gasteiger partial charge < -0.3 is 4.98 Å². The number of aromatic nitrogens is 2. The molecule has 1 aromatic heterocycles. The Kier molecular flexibility index (Phi) is 4.06. The van der Waals surface area contributed by atoms with E-state index in [9.17, 15) is 4.79 Å². The molecule has 0 aliphatic carbocycles. The van der Waals surface area contributed by atoms with Crippen molar-refractivity contribution in [2.24, 2.45) is 0 Å². The fraction of sp³-hybridized carbons (Fsp3) is 0.667. The molecule has 1 atom stereocenters. The topological polar surface area (TPSA) is 45.8 Å². The van der Waals surface area contributed by atoms with E-state index in [1.165, 1.54) is 6.33 Å². The molecule has 0 spiro atoms. The van der Waals surface area contributed by atoms with Crippen LogP contribution in [0.1, 0.15) is 52.0 Å². The molecule has 0 aromatic carbocycles. The highest BCUT2D eigenvalue weighted by Crippen LogP contribution is 2.30. The fourth-order valence-electron chi connectivity index (χ4n) is 1.84. The van der Waals surface area contributed by atoms with Crippen molar-refractivity contribution in [1.29, 1.82) is 0 Å². The van der Waals surface area contributed by atoms with Crippen LogP contribution in [-0.2, 0) is 5.41 Å². The number of hydrogen-bond acceptors (Lipinski definition) is 2. The maximum absolute atomic E-state index is 11.7. The molecule has 15 heavy (non-hydrogen) atoms. The van der Waals surface area contributed by atoms with Crippen LogP contribution in [0, 0.1) is 0 Å². The van der Waals surface area contributed by atoms with Gasteiger partial charge in [-0.15, -0.1) is 0 Å². The van der Waals surface area contributed by atoms with Crippen molar-refractivity contribution < 1.29 is 0 Å². The molecule has 0 saturated carbocycles. The lowest BCUT2D eigenvalue weighted by Crippen LogP contribution is -2.29. The van der Waals surface area contributed by atoms with Crippen molar-refractivity contribution in [2.45, 2.75) is 51.9 Å². The molecule has 1 aromatic rings. The van der Waals surface area contributed by atoms with E-state index in [2.05, 4.69) is 30.7 Å². The Balaban J connectivity index is 3.00. The number of H-pyrrole nitrogens is 1. The molecule has 84 valence electrons. The zero-order valence-corrected chi connectivity index (χ0v) is 9.84. The lowest BCUT2D eigenvalue weighted by atomic mass is 9.77. The molecule has 1 rings (SSSR count). The van der Waals surface area contributed by atoms with Crippen molar-refractivity contribution in [3.05, 3.63) is 28.4 Å². The SMILES string of the molecule is CCCCC(C)(CC)c1cnc[nH]c1=O. The van der Waals surface area contributed by atoms with Gasteiger partial charge in [-0.2, -0.15) is 0 Å². The van der Waals surface area contributed by atoms with E-state index in [0.29, 0.717) is 0 Å². The van der Waals surface area contributed by atoms with Crippen molar-refractivity contribution in [3.63, 3.8) is 0 Å². The molecule has 1 unspecified atom stereocenters. The molecule has 1 heterocycles. The Bertz CT molecular complexity index is 359. The number of nitrogens with one attached hydrogen (secondary N) is 1. The summed E-state index contributed by atoms with van der Waals surface area (Å²) < 4.78 is 0.